The average Bonchev–Trinajstić information content (AvgIpc) is 2.55. The van der Waals surface area contributed by atoms with Crippen LogP contribution in [0.3, 0.4) is 0 Å². The van der Waals surface area contributed by atoms with Crippen molar-refractivity contribution >= 4 is 35.1 Å². The largest absolute Gasteiger partial charge is 0.456 e. The minimum Gasteiger partial charge on any atom is -0.456 e. The SMILES string of the molecule is C[C@H](NC(=O)c1ccccc1Cl)C(=O)O[C@H](C)c1ccccc1Cl. The zero-order valence-corrected chi connectivity index (χ0v) is 14.8. The maximum absolute atomic E-state index is 12.2. The fraction of sp³-hybridized carbons (Fsp3) is 0.222. The molecule has 1 amide bonds. The van der Waals surface area contributed by atoms with Gasteiger partial charge >= 0.3 is 5.97 Å². The van der Waals surface area contributed by atoms with E-state index < -0.39 is 24.0 Å². The summed E-state index contributed by atoms with van der Waals surface area (Å²) < 4.78 is 5.37. The number of carbonyl (C=O) groups excluding carboxylic acids is 2. The molecule has 0 bridgehead atoms. The van der Waals surface area contributed by atoms with Crippen LogP contribution in [0.1, 0.15) is 35.9 Å². The molecule has 2 atom stereocenters. The lowest BCUT2D eigenvalue weighted by Crippen LogP contribution is -2.40. The Hall–Kier alpha value is -2.04. The normalized spacial score (nSPS) is 13.0. The molecular formula is C18H17Cl2NO3. The molecule has 0 radical (unpaired) electrons. The molecule has 0 saturated carbocycles. The summed E-state index contributed by atoms with van der Waals surface area (Å²) in [5.74, 6) is -0.988. The molecule has 0 spiro atoms. The molecule has 126 valence electrons. The number of esters is 1. The van der Waals surface area contributed by atoms with Crippen molar-refractivity contribution in [1.29, 1.82) is 0 Å². The Labute approximate surface area is 150 Å². The fourth-order valence-electron chi connectivity index (χ4n) is 2.12. The van der Waals surface area contributed by atoms with Gasteiger partial charge in [0.15, 0.2) is 0 Å². The predicted octanol–water partition coefficient (Wildman–Crippen LogP) is 4.42. The molecular weight excluding hydrogens is 349 g/mol. The summed E-state index contributed by atoms with van der Waals surface area (Å²) in [6.07, 6.45) is -0.522. The minimum atomic E-state index is -0.821. The topological polar surface area (TPSA) is 55.4 Å². The van der Waals surface area contributed by atoms with E-state index in [0.29, 0.717) is 21.2 Å². The van der Waals surface area contributed by atoms with Gasteiger partial charge in [-0.05, 0) is 32.0 Å². The van der Waals surface area contributed by atoms with Crippen molar-refractivity contribution in [3.8, 4) is 0 Å². The van der Waals surface area contributed by atoms with Crippen molar-refractivity contribution in [2.45, 2.75) is 26.0 Å². The minimum absolute atomic E-state index is 0.304. The Morgan fingerprint density at radius 1 is 0.958 bits per heavy atom. The van der Waals surface area contributed by atoms with Crippen LogP contribution in [-0.4, -0.2) is 17.9 Å². The van der Waals surface area contributed by atoms with Gasteiger partial charge in [0.25, 0.3) is 5.91 Å². The maximum atomic E-state index is 12.2. The summed E-state index contributed by atoms with van der Waals surface area (Å²) in [7, 11) is 0. The van der Waals surface area contributed by atoms with E-state index in [1.165, 1.54) is 0 Å². The average molecular weight is 366 g/mol. The second-order valence-corrected chi connectivity index (χ2v) is 6.09. The highest BCUT2D eigenvalue weighted by Crippen LogP contribution is 2.25. The molecule has 0 aliphatic carbocycles. The van der Waals surface area contributed by atoms with E-state index in [0.717, 1.165) is 0 Å². The van der Waals surface area contributed by atoms with Crippen LogP contribution >= 0.6 is 23.2 Å². The molecule has 0 aliphatic rings. The third kappa shape index (κ3) is 4.49. The van der Waals surface area contributed by atoms with Crippen LogP contribution in [0.5, 0.6) is 0 Å². The van der Waals surface area contributed by atoms with Crippen molar-refractivity contribution in [3.05, 3.63) is 69.7 Å². The number of carbonyl (C=O) groups is 2. The lowest BCUT2D eigenvalue weighted by molar-refractivity contribution is -0.150. The second kappa shape index (κ2) is 8.18. The summed E-state index contributed by atoms with van der Waals surface area (Å²) in [5, 5.41) is 3.42. The van der Waals surface area contributed by atoms with Crippen molar-refractivity contribution < 1.29 is 14.3 Å². The van der Waals surface area contributed by atoms with Crippen molar-refractivity contribution in [2.24, 2.45) is 0 Å². The third-order valence-corrected chi connectivity index (χ3v) is 4.13. The first kappa shape index (κ1) is 18.3. The van der Waals surface area contributed by atoms with Crippen LogP contribution in [0, 0.1) is 0 Å². The molecule has 2 aromatic carbocycles. The second-order valence-electron chi connectivity index (χ2n) is 5.28. The van der Waals surface area contributed by atoms with Gasteiger partial charge in [-0.15, -0.1) is 0 Å². The number of ether oxygens (including phenoxy) is 1. The van der Waals surface area contributed by atoms with Gasteiger partial charge in [-0.2, -0.15) is 0 Å². The molecule has 2 aromatic rings. The Bertz CT molecular complexity index is 749. The molecule has 4 nitrogen and oxygen atoms in total. The van der Waals surface area contributed by atoms with Gasteiger partial charge in [-0.25, -0.2) is 4.79 Å². The quantitative estimate of drug-likeness (QED) is 0.798. The highest BCUT2D eigenvalue weighted by Gasteiger charge is 2.22. The Kier molecular flexibility index (Phi) is 6.23. The molecule has 0 heterocycles. The number of amides is 1. The molecule has 0 aromatic heterocycles. The first-order chi connectivity index (χ1) is 11.4. The monoisotopic (exact) mass is 365 g/mol. The van der Waals surface area contributed by atoms with E-state index in [4.69, 9.17) is 27.9 Å². The van der Waals surface area contributed by atoms with Crippen LogP contribution in [0.4, 0.5) is 0 Å². The summed E-state index contributed by atoms with van der Waals surface area (Å²) in [5.41, 5.74) is 1.01. The van der Waals surface area contributed by atoms with E-state index in [9.17, 15) is 9.59 Å². The summed E-state index contributed by atoms with van der Waals surface area (Å²) >= 11 is 12.1. The van der Waals surface area contributed by atoms with E-state index in [-0.39, 0.29) is 0 Å². The molecule has 0 unspecified atom stereocenters. The van der Waals surface area contributed by atoms with Crippen LogP contribution < -0.4 is 5.32 Å². The third-order valence-electron chi connectivity index (χ3n) is 3.46. The Balaban J connectivity index is 1.99. The number of halogens is 2. The smallest absolute Gasteiger partial charge is 0.328 e. The molecule has 0 fully saturated rings. The first-order valence-corrected chi connectivity index (χ1v) is 8.16. The zero-order valence-electron chi connectivity index (χ0n) is 13.3. The number of benzene rings is 2. The lowest BCUT2D eigenvalue weighted by Gasteiger charge is -2.19. The molecule has 0 saturated heterocycles. The maximum Gasteiger partial charge on any atom is 0.328 e. The molecule has 0 aliphatic heterocycles. The molecule has 1 N–H and O–H groups in total. The summed E-state index contributed by atoms with van der Waals surface area (Å²) in [6, 6.07) is 12.9. The Morgan fingerprint density at radius 3 is 2.17 bits per heavy atom. The predicted molar refractivity (Wildman–Crippen MR) is 94.3 cm³/mol. The van der Waals surface area contributed by atoms with Crippen LogP contribution in [0.25, 0.3) is 0 Å². The number of hydrogen-bond donors (Lipinski definition) is 1. The van der Waals surface area contributed by atoms with Gasteiger partial charge < -0.3 is 10.1 Å². The van der Waals surface area contributed by atoms with Gasteiger partial charge in [0.1, 0.15) is 12.1 Å². The highest BCUT2D eigenvalue weighted by molar-refractivity contribution is 6.33. The number of nitrogens with one attached hydrogen (secondary N) is 1. The van der Waals surface area contributed by atoms with Crippen LogP contribution in [0.2, 0.25) is 10.0 Å². The number of rotatable bonds is 5. The Morgan fingerprint density at radius 2 is 1.54 bits per heavy atom. The van der Waals surface area contributed by atoms with E-state index in [1.807, 2.05) is 6.07 Å². The van der Waals surface area contributed by atoms with Gasteiger partial charge in [0, 0.05) is 10.6 Å². The first-order valence-electron chi connectivity index (χ1n) is 7.40. The van der Waals surface area contributed by atoms with E-state index >= 15 is 0 Å². The van der Waals surface area contributed by atoms with E-state index in [2.05, 4.69) is 5.32 Å². The summed E-state index contributed by atoms with van der Waals surface area (Å²) in [6.45, 7) is 3.28. The zero-order chi connectivity index (χ0) is 17.7. The molecule has 24 heavy (non-hydrogen) atoms. The van der Waals surface area contributed by atoms with Gasteiger partial charge in [-0.1, -0.05) is 53.5 Å². The highest BCUT2D eigenvalue weighted by atomic mass is 35.5. The molecule has 6 heteroatoms. The van der Waals surface area contributed by atoms with E-state index in [1.54, 1.807) is 56.3 Å². The van der Waals surface area contributed by atoms with Gasteiger partial charge in [-0.3, -0.25) is 4.79 Å². The fourth-order valence-corrected chi connectivity index (χ4v) is 2.63. The van der Waals surface area contributed by atoms with Gasteiger partial charge in [0.2, 0.25) is 0 Å². The molecule has 2 rings (SSSR count). The van der Waals surface area contributed by atoms with Crippen molar-refractivity contribution in [2.75, 3.05) is 0 Å². The van der Waals surface area contributed by atoms with Crippen molar-refractivity contribution in [3.63, 3.8) is 0 Å². The van der Waals surface area contributed by atoms with Gasteiger partial charge in [0.05, 0.1) is 10.6 Å². The lowest BCUT2D eigenvalue weighted by atomic mass is 10.1. The summed E-state index contributed by atoms with van der Waals surface area (Å²) in [4.78, 5) is 24.3. The van der Waals surface area contributed by atoms with Crippen LogP contribution in [0.15, 0.2) is 48.5 Å². The standard InChI is InChI=1S/C18H17Cl2NO3/c1-11(21-17(22)14-8-4-6-10-16(14)20)18(23)24-12(2)13-7-3-5-9-15(13)19/h3-12H,1-2H3,(H,21,22)/t11-,12+/m0/s1. The van der Waals surface area contributed by atoms with Crippen molar-refractivity contribution in [1.82, 2.24) is 5.32 Å². The number of hydrogen-bond acceptors (Lipinski definition) is 3. The van der Waals surface area contributed by atoms with Crippen LogP contribution in [-0.2, 0) is 9.53 Å².